The molecule has 0 bridgehead atoms. The molecule has 1 unspecified atom stereocenters. The molecule has 1 fully saturated rings. The quantitative estimate of drug-likeness (QED) is 0.596. The monoisotopic (exact) mass is 166 g/mol. The summed E-state index contributed by atoms with van der Waals surface area (Å²) in [6, 6.07) is 2.46. The molecule has 0 aromatic carbocycles. The number of hydrogen-bond donors (Lipinski definition) is 0. The fourth-order valence-corrected chi connectivity index (χ4v) is 2.09. The summed E-state index contributed by atoms with van der Waals surface area (Å²) in [6.45, 7) is 4.49. The average molecular weight is 166 g/mol. The van der Waals surface area contributed by atoms with Crippen molar-refractivity contribution in [3.05, 3.63) is 0 Å². The summed E-state index contributed by atoms with van der Waals surface area (Å²) < 4.78 is 0. The SMILES string of the molecule is CN(C)C1(C#N)CCC(C)(C)C1. The Hall–Kier alpha value is -0.550. The molecular weight excluding hydrogens is 148 g/mol. The van der Waals surface area contributed by atoms with Crippen LogP contribution in [0.15, 0.2) is 0 Å². The minimum atomic E-state index is -0.191. The third-order valence-corrected chi connectivity index (χ3v) is 3.05. The zero-order valence-electron chi connectivity index (χ0n) is 8.52. The van der Waals surface area contributed by atoms with Gasteiger partial charge in [-0.15, -0.1) is 0 Å². The van der Waals surface area contributed by atoms with Gasteiger partial charge in [0.2, 0.25) is 0 Å². The van der Waals surface area contributed by atoms with Crippen molar-refractivity contribution in [1.82, 2.24) is 4.90 Å². The Morgan fingerprint density at radius 2 is 1.83 bits per heavy atom. The lowest BCUT2D eigenvalue weighted by atomic mass is 9.88. The zero-order valence-corrected chi connectivity index (χ0v) is 8.52. The third-order valence-electron chi connectivity index (χ3n) is 3.05. The lowest BCUT2D eigenvalue weighted by Gasteiger charge is -2.30. The number of nitrogens with zero attached hydrogens (tertiary/aromatic N) is 2. The van der Waals surface area contributed by atoms with Gasteiger partial charge in [0.15, 0.2) is 0 Å². The van der Waals surface area contributed by atoms with Crippen LogP contribution in [0, 0.1) is 16.7 Å². The molecule has 2 heteroatoms. The summed E-state index contributed by atoms with van der Waals surface area (Å²) in [5.41, 5.74) is 0.156. The molecule has 0 saturated heterocycles. The van der Waals surface area contributed by atoms with Crippen molar-refractivity contribution >= 4 is 0 Å². The maximum Gasteiger partial charge on any atom is 0.109 e. The molecule has 0 aromatic heterocycles. The lowest BCUT2D eigenvalue weighted by Crippen LogP contribution is -2.41. The van der Waals surface area contributed by atoms with Crippen LogP contribution < -0.4 is 0 Å². The van der Waals surface area contributed by atoms with Gasteiger partial charge < -0.3 is 0 Å². The highest BCUT2D eigenvalue weighted by Gasteiger charge is 2.44. The Morgan fingerprint density at radius 1 is 1.25 bits per heavy atom. The second-order valence-electron chi connectivity index (χ2n) is 4.88. The Morgan fingerprint density at radius 3 is 2.00 bits per heavy atom. The highest BCUT2D eigenvalue weighted by Crippen LogP contribution is 2.45. The molecule has 0 aromatic rings. The fraction of sp³-hybridized carbons (Fsp3) is 0.900. The van der Waals surface area contributed by atoms with E-state index in [0.717, 1.165) is 12.8 Å². The minimum absolute atomic E-state index is 0.191. The molecule has 0 N–H and O–H groups in total. The van der Waals surface area contributed by atoms with E-state index in [0.29, 0.717) is 5.41 Å². The first-order valence-corrected chi connectivity index (χ1v) is 4.51. The van der Waals surface area contributed by atoms with Crippen LogP contribution in [-0.4, -0.2) is 24.5 Å². The van der Waals surface area contributed by atoms with Crippen molar-refractivity contribution in [2.24, 2.45) is 5.41 Å². The average Bonchev–Trinajstić information content (AvgIpc) is 2.27. The van der Waals surface area contributed by atoms with Crippen LogP contribution in [0.4, 0.5) is 0 Å². The van der Waals surface area contributed by atoms with Gasteiger partial charge in [-0.05, 0) is 38.8 Å². The second-order valence-corrected chi connectivity index (χ2v) is 4.88. The van der Waals surface area contributed by atoms with Crippen LogP contribution in [0.5, 0.6) is 0 Å². The highest BCUT2D eigenvalue weighted by molar-refractivity contribution is 5.13. The Labute approximate surface area is 75.2 Å². The maximum absolute atomic E-state index is 9.13. The summed E-state index contributed by atoms with van der Waals surface area (Å²) in [5.74, 6) is 0. The van der Waals surface area contributed by atoms with Crippen molar-refractivity contribution in [2.45, 2.75) is 38.6 Å². The molecule has 0 heterocycles. The molecule has 1 aliphatic rings. The van der Waals surface area contributed by atoms with Gasteiger partial charge in [-0.1, -0.05) is 13.8 Å². The summed E-state index contributed by atoms with van der Waals surface area (Å²) >= 11 is 0. The fourth-order valence-electron chi connectivity index (χ4n) is 2.09. The van der Waals surface area contributed by atoms with E-state index < -0.39 is 0 Å². The van der Waals surface area contributed by atoms with Crippen LogP contribution in [0.25, 0.3) is 0 Å². The van der Waals surface area contributed by atoms with E-state index in [2.05, 4.69) is 24.8 Å². The molecule has 0 spiro atoms. The largest absolute Gasteiger partial charge is 0.292 e. The topological polar surface area (TPSA) is 27.0 Å². The molecule has 2 nitrogen and oxygen atoms in total. The number of hydrogen-bond acceptors (Lipinski definition) is 2. The first-order chi connectivity index (χ1) is 5.42. The maximum atomic E-state index is 9.13. The van der Waals surface area contributed by atoms with Crippen molar-refractivity contribution < 1.29 is 0 Å². The van der Waals surface area contributed by atoms with Gasteiger partial charge >= 0.3 is 0 Å². The molecule has 1 rings (SSSR count). The van der Waals surface area contributed by atoms with Crippen molar-refractivity contribution in [1.29, 1.82) is 5.26 Å². The van der Waals surface area contributed by atoms with Gasteiger partial charge in [0.1, 0.15) is 5.54 Å². The van der Waals surface area contributed by atoms with Gasteiger partial charge in [0, 0.05) is 0 Å². The van der Waals surface area contributed by atoms with E-state index in [4.69, 9.17) is 5.26 Å². The number of nitriles is 1. The van der Waals surface area contributed by atoms with Gasteiger partial charge in [-0.25, -0.2) is 0 Å². The normalized spacial score (nSPS) is 33.7. The first-order valence-electron chi connectivity index (χ1n) is 4.51. The second kappa shape index (κ2) is 2.74. The number of rotatable bonds is 1. The lowest BCUT2D eigenvalue weighted by molar-refractivity contribution is 0.202. The van der Waals surface area contributed by atoms with Crippen LogP contribution in [0.2, 0.25) is 0 Å². The smallest absolute Gasteiger partial charge is 0.109 e. The van der Waals surface area contributed by atoms with Crippen molar-refractivity contribution in [3.63, 3.8) is 0 Å². The Bertz CT molecular complexity index is 212. The van der Waals surface area contributed by atoms with Gasteiger partial charge in [0.25, 0.3) is 0 Å². The molecular formula is C10H18N2. The summed E-state index contributed by atoms with van der Waals surface area (Å²) in [7, 11) is 4.01. The van der Waals surface area contributed by atoms with Crippen LogP contribution in [-0.2, 0) is 0 Å². The molecule has 68 valence electrons. The molecule has 0 aliphatic heterocycles. The van der Waals surface area contributed by atoms with Crippen molar-refractivity contribution in [2.75, 3.05) is 14.1 Å². The first kappa shape index (κ1) is 9.54. The molecule has 1 aliphatic carbocycles. The summed E-state index contributed by atoms with van der Waals surface area (Å²) in [4.78, 5) is 2.07. The van der Waals surface area contributed by atoms with Crippen LogP contribution >= 0.6 is 0 Å². The summed E-state index contributed by atoms with van der Waals surface area (Å²) in [6.07, 6.45) is 3.19. The van der Waals surface area contributed by atoms with Gasteiger partial charge in [-0.2, -0.15) is 5.26 Å². The zero-order chi connectivity index (χ0) is 9.41. The van der Waals surface area contributed by atoms with Gasteiger partial charge in [0.05, 0.1) is 6.07 Å². The molecule has 1 saturated carbocycles. The molecule has 12 heavy (non-hydrogen) atoms. The minimum Gasteiger partial charge on any atom is -0.292 e. The van der Waals surface area contributed by atoms with E-state index in [1.807, 2.05) is 14.1 Å². The molecule has 0 amide bonds. The van der Waals surface area contributed by atoms with Crippen LogP contribution in [0.3, 0.4) is 0 Å². The standard InChI is InChI=1S/C10H18N2/c1-9(2)5-6-10(7-9,8-11)12(3)4/h5-7H2,1-4H3. The predicted octanol–water partition coefficient (Wildman–Crippen LogP) is 2.02. The molecule has 0 radical (unpaired) electrons. The highest BCUT2D eigenvalue weighted by atomic mass is 15.1. The van der Waals surface area contributed by atoms with E-state index in [-0.39, 0.29) is 5.54 Å². The van der Waals surface area contributed by atoms with E-state index in [1.165, 1.54) is 6.42 Å². The Kier molecular flexibility index (Phi) is 2.18. The predicted molar refractivity (Wildman–Crippen MR) is 49.7 cm³/mol. The van der Waals surface area contributed by atoms with Crippen LogP contribution in [0.1, 0.15) is 33.1 Å². The van der Waals surface area contributed by atoms with E-state index >= 15 is 0 Å². The van der Waals surface area contributed by atoms with E-state index in [9.17, 15) is 0 Å². The van der Waals surface area contributed by atoms with Crippen molar-refractivity contribution in [3.8, 4) is 6.07 Å². The van der Waals surface area contributed by atoms with E-state index in [1.54, 1.807) is 0 Å². The third kappa shape index (κ3) is 1.47. The summed E-state index contributed by atoms with van der Waals surface area (Å²) in [5, 5.41) is 9.13. The Balaban J connectivity index is 2.82. The van der Waals surface area contributed by atoms with Gasteiger partial charge in [-0.3, -0.25) is 4.90 Å². The molecule has 1 atom stereocenters.